The Labute approximate surface area is 132 Å². The third-order valence-corrected chi connectivity index (χ3v) is 3.98. The molecule has 0 aliphatic heterocycles. The molecule has 1 fully saturated rings. The van der Waals surface area contributed by atoms with Gasteiger partial charge in [0.15, 0.2) is 5.13 Å². The zero-order valence-electron chi connectivity index (χ0n) is 12.5. The summed E-state index contributed by atoms with van der Waals surface area (Å²) in [4.78, 5) is 38.8. The minimum atomic E-state index is -1.07. The van der Waals surface area contributed by atoms with E-state index in [0.717, 1.165) is 24.2 Å². The van der Waals surface area contributed by atoms with Crippen molar-refractivity contribution in [3.63, 3.8) is 0 Å². The molecule has 8 heteroatoms. The second-order valence-electron chi connectivity index (χ2n) is 5.80. The van der Waals surface area contributed by atoms with Crippen LogP contribution in [0.2, 0.25) is 0 Å². The van der Waals surface area contributed by atoms with Crippen LogP contribution in [-0.4, -0.2) is 33.9 Å². The average Bonchev–Trinajstić information content (AvgIpc) is 3.18. The molecule has 0 saturated heterocycles. The van der Waals surface area contributed by atoms with E-state index in [4.69, 9.17) is 5.11 Å². The van der Waals surface area contributed by atoms with Crippen LogP contribution in [0.3, 0.4) is 0 Å². The van der Waals surface area contributed by atoms with Crippen molar-refractivity contribution in [1.82, 2.24) is 10.3 Å². The van der Waals surface area contributed by atoms with Crippen molar-refractivity contribution in [3.05, 3.63) is 11.1 Å². The Morgan fingerprint density at radius 1 is 1.41 bits per heavy atom. The molecule has 0 bridgehead atoms. The molecular formula is C14H19N3O4S. The average molecular weight is 325 g/mol. The summed E-state index contributed by atoms with van der Waals surface area (Å²) in [5.74, 6) is -1.49. The van der Waals surface area contributed by atoms with E-state index < -0.39 is 17.9 Å². The minimum Gasteiger partial charge on any atom is -0.480 e. The highest BCUT2D eigenvalue weighted by atomic mass is 32.1. The van der Waals surface area contributed by atoms with Gasteiger partial charge >= 0.3 is 5.97 Å². The topological polar surface area (TPSA) is 108 Å². The molecule has 0 radical (unpaired) electrons. The highest BCUT2D eigenvalue weighted by Crippen LogP contribution is 2.30. The van der Waals surface area contributed by atoms with Crippen LogP contribution in [0.25, 0.3) is 0 Å². The molecule has 1 unspecified atom stereocenters. The van der Waals surface area contributed by atoms with E-state index in [2.05, 4.69) is 15.6 Å². The Balaban J connectivity index is 1.95. The SMILES string of the molecule is CC(C)CC(NC(=O)c1csc(NC(=O)C2CC2)n1)C(=O)O. The summed E-state index contributed by atoms with van der Waals surface area (Å²) in [5.41, 5.74) is 0.117. The lowest BCUT2D eigenvalue weighted by Gasteiger charge is -2.15. The number of amides is 2. The lowest BCUT2D eigenvalue weighted by Crippen LogP contribution is -2.41. The van der Waals surface area contributed by atoms with Gasteiger partial charge in [0, 0.05) is 11.3 Å². The molecule has 1 atom stereocenters. The van der Waals surface area contributed by atoms with E-state index in [1.807, 2.05) is 13.8 Å². The number of hydrogen-bond donors (Lipinski definition) is 3. The Hall–Kier alpha value is -1.96. The molecule has 7 nitrogen and oxygen atoms in total. The minimum absolute atomic E-state index is 0.0589. The number of carboxylic acids is 1. The molecule has 0 aromatic carbocycles. The molecule has 1 aliphatic carbocycles. The lowest BCUT2D eigenvalue weighted by atomic mass is 10.0. The van der Waals surface area contributed by atoms with Crippen LogP contribution in [0.5, 0.6) is 0 Å². The summed E-state index contributed by atoms with van der Waals surface area (Å²) in [6.45, 7) is 3.77. The van der Waals surface area contributed by atoms with E-state index >= 15 is 0 Å². The van der Waals surface area contributed by atoms with Gasteiger partial charge in [-0.25, -0.2) is 9.78 Å². The molecule has 2 amide bonds. The Kier molecular flexibility index (Phi) is 5.12. The number of carbonyl (C=O) groups excluding carboxylic acids is 2. The predicted octanol–water partition coefficient (Wildman–Crippen LogP) is 1.72. The van der Waals surface area contributed by atoms with Gasteiger partial charge in [0.05, 0.1) is 0 Å². The van der Waals surface area contributed by atoms with Gasteiger partial charge in [0.2, 0.25) is 5.91 Å². The first-order valence-electron chi connectivity index (χ1n) is 7.17. The van der Waals surface area contributed by atoms with Gasteiger partial charge in [0.1, 0.15) is 11.7 Å². The van der Waals surface area contributed by atoms with Crippen LogP contribution in [0.15, 0.2) is 5.38 Å². The van der Waals surface area contributed by atoms with Crippen molar-refractivity contribution in [2.45, 2.75) is 39.2 Å². The molecule has 2 rings (SSSR count). The number of nitrogens with zero attached hydrogens (tertiary/aromatic N) is 1. The Morgan fingerprint density at radius 2 is 2.09 bits per heavy atom. The van der Waals surface area contributed by atoms with Gasteiger partial charge in [0.25, 0.3) is 5.91 Å². The van der Waals surface area contributed by atoms with Crippen LogP contribution in [0.4, 0.5) is 5.13 Å². The summed E-state index contributed by atoms with van der Waals surface area (Å²) in [7, 11) is 0. The van der Waals surface area contributed by atoms with Gasteiger partial charge in [-0.15, -0.1) is 11.3 Å². The lowest BCUT2D eigenvalue weighted by molar-refractivity contribution is -0.139. The second kappa shape index (κ2) is 6.87. The quantitative estimate of drug-likeness (QED) is 0.707. The Morgan fingerprint density at radius 3 is 2.64 bits per heavy atom. The normalized spacial score (nSPS) is 15.4. The van der Waals surface area contributed by atoms with Crippen LogP contribution in [0, 0.1) is 11.8 Å². The van der Waals surface area contributed by atoms with E-state index in [9.17, 15) is 14.4 Å². The molecule has 1 aromatic heterocycles. The molecule has 1 heterocycles. The van der Waals surface area contributed by atoms with E-state index in [1.54, 1.807) is 0 Å². The van der Waals surface area contributed by atoms with Crippen LogP contribution >= 0.6 is 11.3 Å². The van der Waals surface area contributed by atoms with Crippen molar-refractivity contribution < 1.29 is 19.5 Å². The van der Waals surface area contributed by atoms with Crippen molar-refractivity contribution in [1.29, 1.82) is 0 Å². The third kappa shape index (κ3) is 4.52. The number of carboxylic acid groups (broad SMARTS) is 1. The van der Waals surface area contributed by atoms with Gasteiger partial charge in [-0.2, -0.15) is 0 Å². The maximum atomic E-state index is 12.0. The van der Waals surface area contributed by atoms with Gasteiger partial charge in [-0.1, -0.05) is 13.8 Å². The molecule has 1 aliphatic rings. The number of aliphatic carboxylic acids is 1. The number of aromatic nitrogens is 1. The molecular weight excluding hydrogens is 306 g/mol. The molecule has 120 valence electrons. The standard InChI is InChI=1S/C14H19N3O4S/c1-7(2)5-9(13(20)21)15-12(19)10-6-22-14(16-10)17-11(18)8-3-4-8/h6-9H,3-5H2,1-2H3,(H,15,19)(H,20,21)(H,16,17,18). The third-order valence-electron chi connectivity index (χ3n) is 3.23. The first-order chi connectivity index (χ1) is 10.4. The smallest absolute Gasteiger partial charge is 0.326 e. The molecule has 3 N–H and O–H groups in total. The van der Waals surface area contributed by atoms with Crippen LogP contribution < -0.4 is 10.6 Å². The van der Waals surface area contributed by atoms with E-state index in [1.165, 1.54) is 5.38 Å². The molecule has 0 spiro atoms. The molecule has 1 saturated carbocycles. The van der Waals surface area contributed by atoms with Crippen LogP contribution in [0.1, 0.15) is 43.6 Å². The van der Waals surface area contributed by atoms with Crippen molar-refractivity contribution >= 4 is 34.3 Å². The molecule has 22 heavy (non-hydrogen) atoms. The second-order valence-corrected chi connectivity index (χ2v) is 6.65. The first-order valence-corrected chi connectivity index (χ1v) is 8.05. The van der Waals surface area contributed by atoms with Crippen LogP contribution in [-0.2, 0) is 9.59 Å². The summed E-state index contributed by atoms with van der Waals surface area (Å²) in [6, 6.07) is -0.946. The van der Waals surface area contributed by atoms with Gasteiger partial charge in [-0.05, 0) is 25.2 Å². The molecule has 1 aromatic rings. The highest BCUT2D eigenvalue weighted by molar-refractivity contribution is 7.14. The fraction of sp³-hybridized carbons (Fsp3) is 0.571. The number of rotatable bonds is 7. The van der Waals surface area contributed by atoms with Crippen molar-refractivity contribution in [2.24, 2.45) is 11.8 Å². The fourth-order valence-corrected chi connectivity index (χ4v) is 2.61. The van der Waals surface area contributed by atoms with Crippen molar-refractivity contribution in [2.75, 3.05) is 5.32 Å². The number of thiazole rings is 1. The number of hydrogen-bond acceptors (Lipinski definition) is 5. The zero-order valence-corrected chi connectivity index (χ0v) is 13.3. The first kappa shape index (κ1) is 16.4. The number of carbonyl (C=O) groups is 3. The van der Waals surface area contributed by atoms with Gasteiger partial charge in [-0.3, -0.25) is 9.59 Å². The monoisotopic (exact) mass is 325 g/mol. The number of nitrogens with one attached hydrogen (secondary N) is 2. The zero-order chi connectivity index (χ0) is 16.3. The fourth-order valence-electron chi connectivity index (χ4n) is 1.91. The van der Waals surface area contributed by atoms with E-state index in [-0.39, 0.29) is 23.4 Å². The predicted molar refractivity (Wildman–Crippen MR) is 81.8 cm³/mol. The van der Waals surface area contributed by atoms with Crippen molar-refractivity contribution in [3.8, 4) is 0 Å². The van der Waals surface area contributed by atoms with E-state index in [0.29, 0.717) is 11.6 Å². The van der Waals surface area contributed by atoms with Gasteiger partial charge < -0.3 is 15.7 Å². The summed E-state index contributed by atoms with van der Waals surface area (Å²) in [5, 5.41) is 16.1. The highest BCUT2D eigenvalue weighted by Gasteiger charge is 2.30. The largest absolute Gasteiger partial charge is 0.480 e. The maximum absolute atomic E-state index is 12.0. The maximum Gasteiger partial charge on any atom is 0.326 e. The summed E-state index contributed by atoms with van der Waals surface area (Å²) < 4.78 is 0. The number of anilines is 1. The summed E-state index contributed by atoms with van der Waals surface area (Å²) in [6.07, 6.45) is 2.12. The Bertz CT molecular complexity index is 580. The summed E-state index contributed by atoms with van der Waals surface area (Å²) >= 11 is 1.15.